The normalized spacial score (nSPS) is 13.9. The molecule has 0 aliphatic carbocycles. The van der Waals surface area contributed by atoms with E-state index in [2.05, 4.69) is 24.5 Å². The molecule has 2 aromatic carbocycles. The fourth-order valence-corrected chi connectivity index (χ4v) is 5.05. The largest absolute Gasteiger partial charge is 0.392 e. The van der Waals surface area contributed by atoms with Gasteiger partial charge < -0.3 is 19.7 Å². The maximum absolute atomic E-state index is 13.7. The highest BCUT2D eigenvalue weighted by molar-refractivity contribution is 6.01. The molecule has 2 N–H and O–H groups in total. The summed E-state index contributed by atoms with van der Waals surface area (Å²) in [5, 5.41) is 22.3. The van der Waals surface area contributed by atoms with Gasteiger partial charge >= 0.3 is 0 Å². The molecule has 3 aromatic rings. The van der Waals surface area contributed by atoms with Crippen LogP contribution in [0.25, 0.3) is 28.1 Å². The molecule has 36 heavy (non-hydrogen) atoms. The molecule has 0 spiro atoms. The molecule has 6 heteroatoms. The molecule has 0 aliphatic rings. The van der Waals surface area contributed by atoms with Crippen LogP contribution in [0.4, 0.5) is 4.39 Å². The Morgan fingerprint density at radius 3 is 2.17 bits per heavy atom. The van der Waals surface area contributed by atoms with Crippen LogP contribution in [0.1, 0.15) is 66.1 Å². The number of halogens is 1. The van der Waals surface area contributed by atoms with Crippen LogP contribution in [0, 0.1) is 5.82 Å². The van der Waals surface area contributed by atoms with E-state index in [1.54, 1.807) is 23.1 Å². The summed E-state index contributed by atoms with van der Waals surface area (Å²) in [5.74, 6) is -0.418. The number of carbonyl (C=O) groups excluding carboxylic acids is 1. The van der Waals surface area contributed by atoms with Crippen LogP contribution >= 0.6 is 0 Å². The highest BCUT2D eigenvalue weighted by Crippen LogP contribution is 2.38. The van der Waals surface area contributed by atoms with Crippen LogP contribution in [-0.4, -0.2) is 49.9 Å². The van der Waals surface area contributed by atoms with Gasteiger partial charge in [-0.3, -0.25) is 4.79 Å². The minimum absolute atomic E-state index is 0.0334. The molecule has 1 amide bonds. The summed E-state index contributed by atoms with van der Waals surface area (Å²) in [6, 6.07) is 14.7. The average Bonchev–Trinajstić information content (AvgIpc) is 3.12. The number of aliphatic hydroxyl groups excluding tert-OH is 2. The van der Waals surface area contributed by atoms with Crippen LogP contribution in [-0.2, 0) is 4.79 Å². The van der Waals surface area contributed by atoms with Crippen molar-refractivity contribution < 1.29 is 19.4 Å². The maximum atomic E-state index is 13.7. The lowest BCUT2D eigenvalue weighted by Crippen LogP contribution is -2.43. The van der Waals surface area contributed by atoms with Crippen molar-refractivity contribution in [2.24, 2.45) is 0 Å². The molecule has 1 heterocycles. The van der Waals surface area contributed by atoms with Crippen molar-refractivity contribution in [2.45, 2.75) is 84.7 Å². The molecule has 0 unspecified atom stereocenters. The van der Waals surface area contributed by atoms with Gasteiger partial charge in [-0.25, -0.2) is 4.39 Å². The van der Waals surface area contributed by atoms with Gasteiger partial charge in [-0.2, -0.15) is 0 Å². The van der Waals surface area contributed by atoms with Gasteiger partial charge in [-0.1, -0.05) is 36.4 Å². The number of hydrogen-bond acceptors (Lipinski definition) is 3. The molecular formula is C30H39FN2O3. The topological polar surface area (TPSA) is 65.7 Å². The summed E-state index contributed by atoms with van der Waals surface area (Å²) in [7, 11) is 0. The van der Waals surface area contributed by atoms with Gasteiger partial charge in [0.1, 0.15) is 5.82 Å². The number of aromatic nitrogens is 1. The van der Waals surface area contributed by atoms with E-state index in [1.807, 2.05) is 52.0 Å². The number of benzene rings is 2. The van der Waals surface area contributed by atoms with Gasteiger partial charge in [0.05, 0.1) is 18.6 Å². The monoisotopic (exact) mass is 494 g/mol. The molecular weight excluding hydrogens is 455 g/mol. The lowest BCUT2D eigenvalue weighted by Gasteiger charge is -2.31. The number of nitrogens with zero attached hydrogens (tertiary/aromatic N) is 2. The van der Waals surface area contributed by atoms with Gasteiger partial charge in [0.15, 0.2) is 0 Å². The third-order valence-electron chi connectivity index (χ3n) is 6.40. The Hall–Kier alpha value is -2.96. The standard InChI is InChI=1S/C30H39FN2O3/c1-19(2)32(20(3)4)29(36)18-25(35)17-24(34)15-16-28-30(22-11-13-23(31)14-12-22)26-9-7-8-10-27(26)33(28)21(5)6/h7-16,19-21,24-25,34-35H,17-18H2,1-6H3/b16-15+/t24-,25-/m1/s1. The van der Waals surface area contributed by atoms with E-state index in [0.717, 1.165) is 27.7 Å². The molecule has 1 aromatic heterocycles. The van der Waals surface area contributed by atoms with Crippen LogP contribution in [0.15, 0.2) is 54.6 Å². The van der Waals surface area contributed by atoms with E-state index < -0.39 is 12.2 Å². The SMILES string of the molecule is CC(C)N(C(=O)C[C@H](O)C[C@H](O)/C=C/c1c(-c2ccc(F)cc2)c2ccccc2n1C(C)C)C(C)C. The second-order valence-electron chi connectivity index (χ2n) is 10.3. The Balaban J connectivity index is 1.89. The molecule has 0 fully saturated rings. The van der Waals surface area contributed by atoms with Gasteiger partial charge in [-0.05, 0) is 71.4 Å². The van der Waals surface area contributed by atoms with E-state index in [4.69, 9.17) is 0 Å². The van der Waals surface area contributed by atoms with E-state index in [1.165, 1.54) is 12.1 Å². The predicted molar refractivity (Wildman–Crippen MR) is 145 cm³/mol. The zero-order valence-corrected chi connectivity index (χ0v) is 22.1. The Bertz CT molecular complexity index is 1190. The number of fused-ring (bicyclic) bond motifs is 1. The summed E-state index contributed by atoms with van der Waals surface area (Å²) in [6.07, 6.45) is 1.67. The molecule has 5 nitrogen and oxygen atoms in total. The first-order chi connectivity index (χ1) is 17.0. The Labute approximate surface area is 213 Å². The Morgan fingerprint density at radius 2 is 1.58 bits per heavy atom. The van der Waals surface area contributed by atoms with Crippen molar-refractivity contribution in [3.05, 3.63) is 66.1 Å². The van der Waals surface area contributed by atoms with Crippen molar-refractivity contribution in [1.82, 2.24) is 9.47 Å². The second kappa shape index (κ2) is 11.8. The van der Waals surface area contributed by atoms with Gasteiger partial charge in [-0.15, -0.1) is 0 Å². The predicted octanol–water partition coefficient (Wildman–Crippen LogP) is 6.19. The fourth-order valence-electron chi connectivity index (χ4n) is 5.05. The maximum Gasteiger partial charge on any atom is 0.225 e. The number of rotatable bonds is 10. The summed E-state index contributed by atoms with van der Waals surface area (Å²) >= 11 is 0. The third-order valence-corrected chi connectivity index (χ3v) is 6.40. The van der Waals surface area contributed by atoms with Crippen molar-refractivity contribution in [1.29, 1.82) is 0 Å². The number of aliphatic hydroxyl groups is 2. The molecule has 0 aliphatic heterocycles. The first kappa shape index (κ1) is 27.6. The molecule has 0 saturated heterocycles. The van der Waals surface area contributed by atoms with E-state index in [-0.39, 0.29) is 42.7 Å². The number of amides is 1. The first-order valence-corrected chi connectivity index (χ1v) is 12.8. The molecule has 0 bridgehead atoms. The van der Waals surface area contributed by atoms with Gasteiger partial charge in [0.2, 0.25) is 5.91 Å². The van der Waals surface area contributed by atoms with Crippen molar-refractivity contribution in [3.63, 3.8) is 0 Å². The number of hydrogen-bond donors (Lipinski definition) is 2. The average molecular weight is 495 g/mol. The molecule has 3 rings (SSSR count). The summed E-state index contributed by atoms with van der Waals surface area (Å²) in [6.45, 7) is 12.0. The van der Waals surface area contributed by atoms with E-state index >= 15 is 0 Å². The van der Waals surface area contributed by atoms with Gasteiger partial charge in [0, 0.05) is 46.7 Å². The molecule has 194 valence electrons. The van der Waals surface area contributed by atoms with Gasteiger partial charge in [0.25, 0.3) is 0 Å². The van der Waals surface area contributed by atoms with E-state index in [9.17, 15) is 19.4 Å². The number of para-hydroxylation sites is 1. The number of carbonyl (C=O) groups is 1. The smallest absolute Gasteiger partial charge is 0.225 e. The minimum atomic E-state index is -0.954. The second-order valence-corrected chi connectivity index (χ2v) is 10.3. The van der Waals surface area contributed by atoms with Crippen LogP contribution < -0.4 is 0 Å². The van der Waals surface area contributed by atoms with Crippen LogP contribution in [0.5, 0.6) is 0 Å². The third kappa shape index (κ3) is 6.23. The first-order valence-electron chi connectivity index (χ1n) is 12.8. The highest BCUT2D eigenvalue weighted by atomic mass is 19.1. The minimum Gasteiger partial charge on any atom is -0.392 e. The summed E-state index contributed by atoms with van der Waals surface area (Å²) in [5.41, 5.74) is 3.79. The van der Waals surface area contributed by atoms with Crippen LogP contribution in [0.2, 0.25) is 0 Å². The summed E-state index contributed by atoms with van der Waals surface area (Å²) < 4.78 is 15.8. The highest BCUT2D eigenvalue weighted by Gasteiger charge is 2.24. The van der Waals surface area contributed by atoms with E-state index in [0.29, 0.717) is 0 Å². The molecule has 2 atom stereocenters. The van der Waals surface area contributed by atoms with Crippen LogP contribution in [0.3, 0.4) is 0 Å². The quantitative estimate of drug-likeness (QED) is 0.353. The molecule has 0 saturated carbocycles. The Kier molecular flexibility index (Phi) is 9.09. The zero-order chi connectivity index (χ0) is 26.6. The van der Waals surface area contributed by atoms with Crippen molar-refractivity contribution in [3.8, 4) is 11.1 Å². The zero-order valence-electron chi connectivity index (χ0n) is 22.1. The summed E-state index contributed by atoms with van der Waals surface area (Å²) in [4.78, 5) is 14.4. The Morgan fingerprint density at radius 1 is 0.972 bits per heavy atom. The van der Waals surface area contributed by atoms with Crippen molar-refractivity contribution in [2.75, 3.05) is 0 Å². The van der Waals surface area contributed by atoms with Crippen molar-refractivity contribution >= 4 is 22.9 Å². The fraction of sp³-hybridized carbons (Fsp3) is 0.433. The lowest BCUT2D eigenvalue weighted by molar-refractivity contribution is -0.137. The lowest BCUT2D eigenvalue weighted by atomic mass is 10.0. The molecule has 0 radical (unpaired) electrons.